The summed E-state index contributed by atoms with van der Waals surface area (Å²) in [6.07, 6.45) is 5.13. The summed E-state index contributed by atoms with van der Waals surface area (Å²) in [5.41, 5.74) is 15.1. The first kappa shape index (κ1) is 109. The Morgan fingerprint density at radius 3 is 0.768 bits per heavy atom. The Morgan fingerprint density at radius 1 is 0.360 bits per heavy atom. The third-order valence-corrected chi connectivity index (χ3v) is 21.9. The van der Waals surface area contributed by atoms with Crippen LogP contribution in [0.2, 0.25) is 0 Å². The normalized spacial score (nSPS) is 11.5. The summed E-state index contributed by atoms with van der Waals surface area (Å²) in [6.45, 7) is 13.7. The van der Waals surface area contributed by atoms with Crippen molar-refractivity contribution in [1.29, 1.82) is 0 Å². The number of nitrogens with zero attached hydrogens (tertiary/aromatic N) is 6. The molecular weight excluding hydrogens is 2060 g/mol. The van der Waals surface area contributed by atoms with Gasteiger partial charge in [0.1, 0.15) is 6.61 Å². The van der Waals surface area contributed by atoms with Crippen molar-refractivity contribution in [2.45, 2.75) is 92.2 Å². The van der Waals surface area contributed by atoms with Crippen LogP contribution in [-0.2, 0) is 141 Å². The minimum absolute atomic E-state index is 0. The van der Waals surface area contributed by atoms with Crippen molar-refractivity contribution < 1.29 is 140 Å². The molecule has 0 bridgehead atoms. The van der Waals surface area contributed by atoms with Crippen LogP contribution in [0.15, 0.2) is 250 Å². The number of ketones is 2. The summed E-state index contributed by atoms with van der Waals surface area (Å²) in [7, 11) is -15.1. The van der Waals surface area contributed by atoms with E-state index in [1.807, 2.05) is 146 Å². The van der Waals surface area contributed by atoms with Crippen molar-refractivity contribution >= 4 is 81.5 Å². The SMILES string of the molecule is Cc1ccc(-c2cc(CC(=O)O)cn2-c2ccc(S(N)(=O)=O)cc2)cc1.Cc1ccc(-c2cc(CC(=O)O)cn2-c2ccc(S(N)(=O)=O)cc2)cc1.Cc1ccc(-c2cc(CC(=O)O)nn2-c2ccc(S(N)(=O)=O)cc2)cc1.Cc1ccc(-c2cc(CC(=O)O)nn2-c2ccc(S(N)(=O)=O)cc2)cc1.O=C(O)CO.[CH2-]C(=O)C1(C([CH2-])=O)CCC1.[NH2-].[NH2-].[NH2-].[NH2-].[Pt+2].[Pt+4]. The number of aliphatic hydroxyl groups excluding tert-OH is 1. The first-order chi connectivity index (χ1) is 55.8. The molecule has 13 rings (SSSR count). The molecule has 125 heavy (non-hydrogen) atoms. The van der Waals surface area contributed by atoms with Gasteiger partial charge in [0.25, 0.3) is 0 Å². The molecular formula is C84H92N14O21Pt2S4. The molecule has 0 saturated heterocycles. The van der Waals surface area contributed by atoms with E-state index in [0.29, 0.717) is 69.5 Å². The van der Waals surface area contributed by atoms with Crippen LogP contribution in [0.1, 0.15) is 64.0 Å². The summed E-state index contributed by atoms with van der Waals surface area (Å²) in [6, 6.07) is 62.5. The molecule has 0 atom stereocenters. The van der Waals surface area contributed by atoms with E-state index < -0.39 is 82.0 Å². The molecule has 0 radical (unpaired) electrons. The first-order valence-corrected chi connectivity index (χ1v) is 41.8. The predicted octanol–water partition coefficient (Wildman–Crippen LogP) is 12.6. The molecule has 0 spiro atoms. The quantitative estimate of drug-likeness (QED) is 0.0210. The number of nitrogens with two attached hydrogens (primary N) is 8. The number of rotatable bonds is 23. The number of aliphatic carboxylic acids is 5. The van der Waals surface area contributed by atoms with Crippen molar-refractivity contribution in [3.63, 3.8) is 0 Å². The van der Waals surface area contributed by atoms with Crippen molar-refractivity contribution in [3.8, 4) is 67.8 Å². The van der Waals surface area contributed by atoms with Gasteiger partial charge in [0.2, 0.25) is 40.1 Å². The number of Topliss-reactive ketones (excluding diaryl/α,β-unsaturated/α-hetero) is 2. The number of hydrogen-bond donors (Lipinski definition) is 10. The number of sulfonamides is 4. The molecule has 1 fully saturated rings. The molecule has 35 nitrogen and oxygen atoms in total. The third kappa shape index (κ3) is 30.7. The van der Waals surface area contributed by atoms with Gasteiger partial charge in [-0.05, 0) is 184 Å². The van der Waals surface area contributed by atoms with Gasteiger partial charge >= 0.3 is 72.0 Å². The summed E-state index contributed by atoms with van der Waals surface area (Å²) < 4.78 is 98.3. The standard InChI is InChI=1S/2C19H18N2O4S.2C18H17N3O4S.C8H10O2.C2H4O3.4H2N.2Pt/c2*1-13-2-4-15(5-3-13)18-10-14(11-19(22)23)12-21(18)16-6-8-17(9-7-16)26(20,24)25;2*1-12-2-4-13(5-3-12)17-10-14(11-18(22)23)20-21(17)15-6-8-16(9-7-15)26(19,24)25;1-6(9)8(7(2)10)4-3-5-8;3-1-2(4)5;;;;;;/h2*2-10,12H,11H2,1H3,(H,22,23)(H2,20,24,25);2*2-10H,11H2,1H3,(H,22,23)(H2,19,24,25);1-5H2;3H,1H2,(H,4,5);4*1H2;;/q;;;;-2;;4*-1;+2;+4. The molecule has 41 heteroatoms. The van der Waals surface area contributed by atoms with Crippen LogP contribution in [0.25, 0.3) is 92.4 Å². The molecule has 12 aromatic rings. The molecule has 1 aliphatic carbocycles. The van der Waals surface area contributed by atoms with Gasteiger partial charge in [-0.2, -0.15) is 10.2 Å². The molecule has 1 saturated carbocycles. The fourth-order valence-electron chi connectivity index (χ4n) is 11.9. The van der Waals surface area contributed by atoms with Gasteiger partial charge < -0.3 is 87.8 Å². The van der Waals surface area contributed by atoms with Crippen LogP contribution in [0.3, 0.4) is 0 Å². The smallest absolute Gasteiger partial charge is 0.693 e. The number of aryl methyl sites for hydroxylation is 4. The number of carboxylic acid groups (broad SMARTS) is 5. The van der Waals surface area contributed by atoms with E-state index in [1.165, 1.54) is 48.5 Å². The van der Waals surface area contributed by atoms with Crippen LogP contribution in [0.4, 0.5) is 0 Å². The second kappa shape index (κ2) is 47.2. The van der Waals surface area contributed by atoms with Crippen LogP contribution in [0, 0.1) is 47.0 Å². The summed E-state index contributed by atoms with van der Waals surface area (Å²) >= 11 is 0. The number of aromatic nitrogens is 6. The zero-order valence-corrected chi connectivity index (χ0v) is 75.2. The van der Waals surface area contributed by atoms with E-state index in [0.717, 1.165) is 62.3 Å². The second-order valence-electron chi connectivity index (χ2n) is 27.3. The molecule has 22 N–H and O–H groups in total. The largest absolute Gasteiger partial charge is 4.00 e. The van der Waals surface area contributed by atoms with Crippen LogP contribution < -0.4 is 20.6 Å². The maximum Gasteiger partial charge on any atom is 4.00 e. The number of benzene rings is 8. The first-order valence-electron chi connectivity index (χ1n) is 35.7. The Bertz CT molecular complexity index is 5480. The fourth-order valence-corrected chi connectivity index (χ4v) is 13.9. The van der Waals surface area contributed by atoms with Crippen LogP contribution >= 0.6 is 0 Å². The molecule has 4 heterocycles. The van der Waals surface area contributed by atoms with E-state index in [1.54, 1.807) is 82.4 Å². The molecule has 0 unspecified atom stereocenters. The van der Waals surface area contributed by atoms with Crippen molar-refractivity contribution in [1.82, 2.24) is 28.7 Å². The second-order valence-corrected chi connectivity index (χ2v) is 33.6. The number of hydrogen-bond acceptors (Lipinski definition) is 18. The summed E-state index contributed by atoms with van der Waals surface area (Å²) in [5, 5.41) is 80.5. The molecule has 0 amide bonds. The van der Waals surface area contributed by atoms with E-state index in [-0.39, 0.29) is 124 Å². The zero-order chi connectivity index (χ0) is 87.6. The van der Waals surface area contributed by atoms with Gasteiger partial charge in [0.15, 0.2) is 0 Å². The Morgan fingerprint density at radius 2 is 0.584 bits per heavy atom. The average molecular weight is 2150 g/mol. The number of aliphatic hydroxyl groups is 1. The van der Waals surface area contributed by atoms with E-state index in [2.05, 4.69) is 24.0 Å². The topological polar surface area (TPSA) is 661 Å². The predicted molar refractivity (Wildman–Crippen MR) is 463 cm³/mol. The van der Waals surface area contributed by atoms with Gasteiger partial charge in [-0.25, -0.2) is 68.4 Å². The van der Waals surface area contributed by atoms with Gasteiger partial charge in [0.05, 0.1) is 90.8 Å². The van der Waals surface area contributed by atoms with Crippen molar-refractivity contribution in [3.05, 3.63) is 314 Å². The molecule has 1 aliphatic rings. The fraction of sp³-hybridized carbons (Fsp3) is 0.155. The average Bonchev–Trinajstić information content (AvgIpc) is 1.40. The molecule has 668 valence electrons. The maximum absolute atomic E-state index is 11.4. The van der Waals surface area contributed by atoms with Crippen LogP contribution in [-0.4, -0.2) is 141 Å². The van der Waals surface area contributed by atoms with Gasteiger partial charge in [0, 0.05) is 51.9 Å². The minimum Gasteiger partial charge on any atom is -0.693 e. The van der Waals surface area contributed by atoms with E-state index in [9.17, 15) is 62.4 Å². The van der Waals surface area contributed by atoms with Crippen LogP contribution in [0.5, 0.6) is 0 Å². The maximum atomic E-state index is 11.4. The van der Waals surface area contributed by atoms with Gasteiger partial charge in [-0.15, -0.1) is 0 Å². The van der Waals surface area contributed by atoms with Crippen molar-refractivity contribution in [2.75, 3.05) is 6.61 Å². The minimum atomic E-state index is -3.79. The number of carbonyl (C=O) groups is 7. The van der Waals surface area contributed by atoms with E-state index >= 15 is 0 Å². The van der Waals surface area contributed by atoms with Gasteiger partial charge in [-0.1, -0.05) is 126 Å². The van der Waals surface area contributed by atoms with Crippen molar-refractivity contribution in [2.24, 2.45) is 26.0 Å². The molecule has 4 aromatic heterocycles. The Kier molecular flexibility index (Phi) is 41.2. The third-order valence-electron chi connectivity index (χ3n) is 18.2. The number of primary sulfonamides is 4. The number of carboxylic acids is 5. The van der Waals surface area contributed by atoms with Gasteiger partial charge in [-0.3, -0.25) is 19.2 Å². The Labute approximate surface area is 751 Å². The summed E-state index contributed by atoms with van der Waals surface area (Å²) in [4.78, 5) is 75.0. The Balaban J connectivity index is 0.000000526. The molecule has 8 aromatic carbocycles. The number of carbonyl (C=O) groups excluding carboxylic acids is 2. The van der Waals surface area contributed by atoms with E-state index in [4.69, 9.17) is 56.0 Å². The molecule has 0 aliphatic heterocycles. The summed E-state index contributed by atoms with van der Waals surface area (Å²) in [5.74, 6) is -5.50. The zero-order valence-electron chi connectivity index (χ0n) is 67.4. The monoisotopic (exact) mass is 2150 g/mol. The Hall–Kier alpha value is -12.0.